The molecule has 27 heavy (non-hydrogen) atoms. The molecule has 1 atom stereocenters. The van der Waals surface area contributed by atoms with Crippen molar-refractivity contribution in [3.05, 3.63) is 42.2 Å². The Morgan fingerprint density at radius 1 is 1.37 bits per heavy atom. The summed E-state index contributed by atoms with van der Waals surface area (Å²) in [6.07, 6.45) is 5.16. The highest BCUT2D eigenvalue weighted by Crippen LogP contribution is 2.41. The van der Waals surface area contributed by atoms with Gasteiger partial charge in [0.2, 0.25) is 11.8 Å². The van der Waals surface area contributed by atoms with Crippen molar-refractivity contribution in [3.8, 4) is 5.75 Å². The van der Waals surface area contributed by atoms with Gasteiger partial charge in [-0.25, -0.2) is 4.39 Å². The first-order chi connectivity index (χ1) is 13.0. The summed E-state index contributed by atoms with van der Waals surface area (Å²) < 4.78 is 19.4. The van der Waals surface area contributed by atoms with Crippen LogP contribution in [0.5, 0.6) is 5.75 Å². The van der Waals surface area contributed by atoms with E-state index >= 15 is 0 Å². The minimum Gasteiger partial charge on any atom is -0.497 e. The molecule has 2 fully saturated rings. The molecule has 2 amide bonds. The summed E-state index contributed by atoms with van der Waals surface area (Å²) in [5.74, 6) is 0.354. The van der Waals surface area contributed by atoms with E-state index in [9.17, 15) is 14.0 Å². The van der Waals surface area contributed by atoms with Crippen molar-refractivity contribution in [2.24, 2.45) is 5.41 Å². The summed E-state index contributed by atoms with van der Waals surface area (Å²) in [5, 5.41) is 0. The van der Waals surface area contributed by atoms with E-state index in [2.05, 4.69) is 6.58 Å². The third-order valence-corrected chi connectivity index (χ3v) is 5.71. The second kappa shape index (κ2) is 8.11. The monoisotopic (exact) mass is 374 g/mol. The van der Waals surface area contributed by atoms with Gasteiger partial charge in [0.1, 0.15) is 11.6 Å². The van der Waals surface area contributed by atoms with E-state index in [-0.39, 0.29) is 24.2 Å². The standard InChI is InChI=1S/C21H27FN2O3/c1-3-4-6-19(25)24-12-10-21(15-24)9-5-11-23(20(21)26)14-16-13-17(27-2)7-8-18(16)22/h3,7-8,13H,1,4-6,9-12,14-15H2,2H3/t21-/m0/s1. The number of benzene rings is 1. The Bertz CT molecular complexity index is 736. The molecule has 0 aromatic heterocycles. The topological polar surface area (TPSA) is 49.9 Å². The molecule has 1 aromatic rings. The van der Waals surface area contributed by atoms with Gasteiger partial charge in [0, 0.05) is 38.2 Å². The molecule has 5 nitrogen and oxygen atoms in total. The largest absolute Gasteiger partial charge is 0.497 e. The zero-order chi connectivity index (χ0) is 19.4. The Kier molecular flexibility index (Phi) is 5.82. The van der Waals surface area contributed by atoms with Crippen LogP contribution in [-0.4, -0.2) is 48.4 Å². The molecule has 0 N–H and O–H groups in total. The number of rotatable bonds is 6. The SMILES string of the molecule is C=CCCC(=O)N1CC[C@@]2(CCCN(Cc3cc(OC)ccc3F)C2=O)C1. The Morgan fingerprint density at radius 3 is 2.93 bits per heavy atom. The van der Waals surface area contributed by atoms with Gasteiger partial charge >= 0.3 is 0 Å². The highest BCUT2D eigenvalue weighted by molar-refractivity contribution is 5.86. The maximum Gasteiger partial charge on any atom is 0.230 e. The number of ether oxygens (including phenoxy) is 1. The highest BCUT2D eigenvalue weighted by atomic mass is 19.1. The van der Waals surface area contributed by atoms with Crippen LogP contribution in [0.3, 0.4) is 0 Å². The van der Waals surface area contributed by atoms with Crippen LogP contribution in [0.15, 0.2) is 30.9 Å². The van der Waals surface area contributed by atoms with E-state index < -0.39 is 5.41 Å². The summed E-state index contributed by atoms with van der Waals surface area (Å²) >= 11 is 0. The van der Waals surface area contributed by atoms with Gasteiger partial charge in [-0.3, -0.25) is 9.59 Å². The van der Waals surface area contributed by atoms with E-state index in [4.69, 9.17) is 4.74 Å². The van der Waals surface area contributed by atoms with Crippen LogP contribution in [0, 0.1) is 11.2 Å². The van der Waals surface area contributed by atoms with Crippen LogP contribution >= 0.6 is 0 Å². The Hall–Kier alpha value is -2.37. The number of methoxy groups -OCH3 is 1. The number of hydrogen-bond acceptors (Lipinski definition) is 3. The maximum atomic E-state index is 14.2. The van der Waals surface area contributed by atoms with Crippen molar-refractivity contribution in [1.29, 1.82) is 0 Å². The van der Waals surface area contributed by atoms with E-state index in [0.29, 0.717) is 50.2 Å². The third kappa shape index (κ3) is 3.99. The number of allylic oxidation sites excluding steroid dienone is 1. The summed E-state index contributed by atoms with van der Waals surface area (Å²) in [6.45, 7) is 5.58. The molecule has 0 saturated carbocycles. The molecular formula is C21H27FN2O3. The lowest BCUT2D eigenvalue weighted by Gasteiger charge is -2.39. The Morgan fingerprint density at radius 2 is 2.19 bits per heavy atom. The predicted octanol–water partition coefficient (Wildman–Crippen LogP) is 3.14. The van der Waals surface area contributed by atoms with Crippen molar-refractivity contribution < 1.29 is 18.7 Å². The van der Waals surface area contributed by atoms with Crippen LogP contribution in [0.4, 0.5) is 4.39 Å². The van der Waals surface area contributed by atoms with Crippen LogP contribution in [0.2, 0.25) is 0 Å². The van der Waals surface area contributed by atoms with E-state index in [0.717, 1.165) is 12.8 Å². The molecule has 3 rings (SSSR count). The van der Waals surface area contributed by atoms with E-state index in [1.54, 1.807) is 28.0 Å². The molecule has 2 saturated heterocycles. The Labute approximate surface area is 159 Å². The molecule has 6 heteroatoms. The summed E-state index contributed by atoms with van der Waals surface area (Å²) in [4.78, 5) is 29.1. The third-order valence-electron chi connectivity index (χ3n) is 5.71. The molecule has 146 valence electrons. The van der Waals surface area contributed by atoms with Crippen molar-refractivity contribution in [1.82, 2.24) is 9.80 Å². The summed E-state index contributed by atoms with van der Waals surface area (Å²) in [7, 11) is 1.54. The molecule has 2 heterocycles. The van der Waals surface area contributed by atoms with Crippen molar-refractivity contribution in [3.63, 3.8) is 0 Å². The first-order valence-electron chi connectivity index (χ1n) is 9.49. The van der Waals surface area contributed by atoms with Crippen LogP contribution in [0.1, 0.15) is 37.7 Å². The van der Waals surface area contributed by atoms with Crippen LogP contribution < -0.4 is 4.74 Å². The molecule has 0 radical (unpaired) electrons. The van der Waals surface area contributed by atoms with Gasteiger partial charge in [-0.2, -0.15) is 0 Å². The molecule has 1 spiro atoms. The number of likely N-dealkylation sites (tertiary alicyclic amines) is 2. The lowest BCUT2D eigenvalue weighted by molar-refractivity contribution is -0.146. The van der Waals surface area contributed by atoms with Crippen molar-refractivity contribution in [2.75, 3.05) is 26.7 Å². The molecule has 0 unspecified atom stereocenters. The molecule has 2 aliphatic rings. The fourth-order valence-electron chi connectivity index (χ4n) is 4.16. The number of hydrogen-bond donors (Lipinski definition) is 0. The lowest BCUT2D eigenvalue weighted by Crippen LogP contribution is -2.50. The maximum absolute atomic E-state index is 14.2. The minimum absolute atomic E-state index is 0.0370. The number of halogens is 1. The summed E-state index contributed by atoms with van der Waals surface area (Å²) in [6, 6.07) is 4.58. The van der Waals surface area contributed by atoms with Crippen molar-refractivity contribution >= 4 is 11.8 Å². The fourth-order valence-corrected chi connectivity index (χ4v) is 4.16. The number of nitrogens with zero attached hydrogens (tertiary/aromatic N) is 2. The average molecular weight is 374 g/mol. The second-order valence-electron chi connectivity index (χ2n) is 7.46. The van der Waals surface area contributed by atoms with Gasteiger partial charge in [-0.1, -0.05) is 6.08 Å². The number of piperidine rings is 1. The average Bonchev–Trinajstić information content (AvgIpc) is 3.10. The normalized spacial score (nSPS) is 22.4. The number of carbonyl (C=O) groups is 2. The lowest BCUT2D eigenvalue weighted by atomic mass is 9.78. The summed E-state index contributed by atoms with van der Waals surface area (Å²) in [5.41, 5.74) is -0.0612. The predicted molar refractivity (Wildman–Crippen MR) is 101 cm³/mol. The van der Waals surface area contributed by atoms with Gasteiger partial charge in [0.25, 0.3) is 0 Å². The first kappa shape index (κ1) is 19.4. The Balaban J connectivity index is 1.71. The molecule has 2 aliphatic heterocycles. The zero-order valence-electron chi connectivity index (χ0n) is 15.9. The highest BCUT2D eigenvalue weighted by Gasteiger charge is 2.49. The van der Waals surface area contributed by atoms with Gasteiger partial charge in [-0.15, -0.1) is 6.58 Å². The first-order valence-corrected chi connectivity index (χ1v) is 9.49. The molecular weight excluding hydrogens is 347 g/mol. The quantitative estimate of drug-likeness (QED) is 0.719. The minimum atomic E-state index is -0.516. The fraction of sp³-hybridized carbons (Fsp3) is 0.524. The number of carbonyl (C=O) groups excluding carboxylic acids is 2. The van der Waals surface area contributed by atoms with Gasteiger partial charge in [-0.05, 0) is 43.9 Å². The van der Waals surface area contributed by atoms with E-state index in [1.165, 1.54) is 13.2 Å². The molecule has 0 bridgehead atoms. The molecule has 1 aromatic carbocycles. The van der Waals surface area contributed by atoms with Crippen molar-refractivity contribution in [2.45, 2.75) is 38.6 Å². The smallest absolute Gasteiger partial charge is 0.230 e. The molecule has 0 aliphatic carbocycles. The van der Waals surface area contributed by atoms with Crippen LogP contribution in [0.25, 0.3) is 0 Å². The van der Waals surface area contributed by atoms with Crippen LogP contribution in [-0.2, 0) is 16.1 Å². The second-order valence-corrected chi connectivity index (χ2v) is 7.46. The van der Waals surface area contributed by atoms with Gasteiger partial charge in [0.05, 0.1) is 12.5 Å². The zero-order valence-corrected chi connectivity index (χ0v) is 15.9. The van der Waals surface area contributed by atoms with Gasteiger partial charge < -0.3 is 14.5 Å². The number of amides is 2. The van der Waals surface area contributed by atoms with E-state index in [1.807, 2.05) is 0 Å². The van der Waals surface area contributed by atoms with Gasteiger partial charge in [0.15, 0.2) is 0 Å².